The van der Waals surface area contributed by atoms with Crippen molar-refractivity contribution in [1.82, 2.24) is 19.9 Å². The second kappa shape index (κ2) is 11.8. The number of benzene rings is 2. The molecule has 8 heteroatoms. The third-order valence-electron chi connectivity index (χ3n) is 6.45. The first-order valence-electron chi connectivity index (χ1n) is 12.0. The summed E-state index contributed by atoms with van der Waals surface area (Å²) in [7, 11) is 0.219. The molecule has 0 amide bonds. The van der Waals surface area contributed by atoms with Gasteiger partial charge in [0.15, 0.2) is 0 Å². The summed E-state index contributed by atoms with van der Waals surface area (Å²) in [6.07, 6.45) is 4.56. The summed E-state index contributed by atoms with van der Waals surface area (Å²) in [5.74, 6) is 0.761. The lowest BCUT2D eigenvalue weighted by Crippen LogP contribution is -2.40. The van der Waals surface area contributed by atoms with Gasteiger partial charge in [0.1, 0.15) is 5.75 Å². The van der Waals surface area contributed by atoms with E-state index in [9.17, 15) is 8.42 Å². The molecule has 2 aromatic carbocycles. The molecule has 0 radical (unpaired) electrons. The molecule has 7 nitrogen and oxygen atoms in total. The molecule has 2 heterocycles. The molecule has 0 aliphatic carbocycles. The van der Waals surface area contributed by atoms with Gasteiger partial charge in [-0.05, 0) is 80.5 Å². The molecule has 0 saturated carbocycles. The van der Waals surface area contributed by atoms with Gasteiger partial charge in [-0.2, -0.15) is 0 Å². The smallest absolute Gasteiger partial charge is 0.240 e. The predicted octanol–water partition coefficient (Wildman–Crippen LogP) is 3.46. The first kappa shape index (κ1) is 25.3. The fourth-order valence-corrected chi connectivity index (χ4v) is 5.35. The summed E-state index contributed by atoms with van der Waals surface area (Å²) in [5.41, 5.74) is 3.88. The van der Waals surface area contributed by atoms with Gasteiger partial charge in [0, 0.05) is 43.0 Å². The number of methoxy groups -OCH3 is 1. The first-order valence-corrected chi connectivity index (χ1v) is 13.5. The van der Waals surface area contributed by atoms with Gasteiger partial charge in [-0.3, -0.25) is 4.98 Å². The average Bonchev–Trinajstić information content (AvgIpc) is 2.89. The highest BCUT2D eigenvalue weighted by atomic mass is 32.2. The van der Waals surface area contributed by atoms with Crippen LogP contribution >= 0.6 is 0 Å². The molecule has 0 atom stereocenters. The van der Waals surface area contributed by atoms with E-state index in [0.717, 1.165) is 55.0 Å². The van der Waals surface area contributed by atoms with E-state index in [2.05, 4.69) is 39.1 Å². The maximum atomic E-state index is 12.7. The number of piperidine rings is 1. The molecule has 0 spiro atoms. The van der Waals surface area contributed by atoms with Crippen LogP contribution in [0.4, 0.5) is 0 Å². The Morgan fingerprint density at radius 3 is 2.51 bits per heavy atom. The van der Waals surface area contributed by atoms with Gasteiger partial charge >= 0.3 is 0 Å². The second-order valence-electron chi connectivity index (χ2n) is 8.99. The fraction of sp³-hybridized carbons (Fsp3) is 0.370. The molecule has 186 valence electrons. The van der Waals surface area contributed by atoms with Crippen molar-refractivity contribution >= 4 is 10.0 Å². The molecule has 4 rings (SSSR count). The van der Waals surface area contributed by atoms with E-state index < -0.39 is 10.0 Å². The van der Waals surface area contributed by atoms with Crippen molar-refractivity contribution < 1.29 is 13.2 Å². The summed E-state index contributed by atoms with van der Waals surface area (Å²) in [6, 6.07) is 19.3. The van der Waals surface area contributed by atoms with E-state index in [0.29, 0.717) is 19.0 Å². The lowest BCUT2D eigenvalue weighted by atomic mass is 10.0. The van der Waals surface area contributed by atoms with Crippen molar-refractivity contribution in [2.45, 2.75) is 36.7 Å². The van der Waals surface area contributed by atoms with Crippen LogP contribution in [0.25, 0.3) is 11.1 Å². The number of hydrogen-bond acceptors (Lipinski definition) is 6. The maximum Gasteiger partial charge on any atom is 0.240 e. The van der Waals surface area contributed by atoms with Crippen molar-refractivity contribution in [1.29, 1.82) is 0 Å². The van der Waals surface area contributed by atoms with Gasteiger partial charge in [0.25, 0.3) is 0 Å². The fourth-order valence-electron chi connectivity index (χ4n) is 4.32. The van der Waals surface area contributed by atoms with E-state index in [1.165, 1.54) is 5.56 Å². The van der Waals surface area contributed by atoms with E-state index in [4.69, 9.17) is 4.74 Å². The number of rotatable bonds is 10. The van der Waals surface area contributed by atoms with Crippen LogP contribution < -0.4 is 14.8 Å². The number of hydrogen-bond donors (Lipinski definition) is 2. The molecule has 3 aromatic rings. The number of likely N-dealkylation sites (tertiary alicyclic amines) is 1. The number of pyridine rings is 1. The third kappa shape index (κ3) is 6.89. The average molecular weight is 495 g/mol. The normalized spacial score (nSPS) is 15.3. The Bertz CT molecular complexity index is 1190. The molecule has 1 saturated heterocycles. The van der Waals surface area contributed by atoms with Crippen molar-refractivity contribution in [3.63, 3.8) is 0 Å². The second-order valence-corrected chi connectivity index (χ2v) is 10.8. The Labute approximate surface area is 208 Å². The number of nitrogens with one attached hydrogen (secondary N) is 2. The van der Waals surface area contributed by atoms with Crippen LogP contribution in [0.1, 0.15) is 24.1 Å². The molecule has 0 unspecified atom stereocenters. The monoisotopic (exact) mass is 494 g/mol. The van der Waals surface area contributed by atoms with Crippen LogP contribution in [0.2, 0.25) is 0 Å². The Hall–Kier alpha value is -2.78. The van der Waals surface area contributed by atoms with E-state index in [-0.39, 0.29) is 4.90 Å². The van der Waals surface area contributed by atoms with Crippen LogP contribution in [0.15, 0.2) is 71.8 Å². The van der Waals surface area contributed by atoms with Gasteiger partial charge < -0.3 is 15.0 Å². The van der Waals surface area contributed by atoms with Crippen molar-refractivity contribution in [3.8, 4) is 16.9 Å². The molecule has 1 aromatic heterocycles. The summed E-state index contributed by atoms with van der Waals surface area (Å²) in [6.45, 7) is 3.33. The Balaban J connectivity index is 1.42. The van der Waals surface area contributed by atoms with E-state index >= 15 is 0 Å². The van der Waals surface area contributed by atoms with Gasteiger partial charge in [-0.1, -0.05) is 24.3 Å². The first-order chi connectivity index (χ1) is 16.9. The van der Waals surface area contributed by atoms with Crippen molar-refractivity contribution in [2.24, 2.45) is 0 Å². The number of nitrogens with zero attached hydrogens (tertiary/aromatic N) is 2. The van der Waals surface area contributed by atoms with Gasteiger partial charge in [-0.15, -0.1) is 0 Å². The molecule has 1 aliphatic heterocycles. The highest BCUT2D eigenvalue weighted by Crippen LogP contribution is 2.31. The Morgan fingerprint density at radius 2 is 1.83 bits per heavy atom. The largest absolute Gasteiger partial charge is 0.496 e. The van der Waals surface area contributed by atoms with Gasteiger partial charge in [-0.25, -0.2) is 13.1 Å². The van der Waals surface area contributed by atoms with Crippen LogP contribution in [-0.2, 0) is 23.0 Å². The summed E-state index contributed by atoms with van der Waals surface area (Å²) in [4.78, 5) is 6.83. The number of ether oxygens (including phenoxy) is 1. The summed E-state index contributed by atoms with van der Waals surface area (Å²) < 4.78 is 33.7. The van der Waals surface area contributed by atoms with Crippen LogP contribution in [0.5, 0.6) is 5.75 Å². The minimum absolute atomic E-state index is 0.237. The molecule has 1 fully saturated rings. The predicted molar refractivity (Wildman–Crippen MR) is 139 cm³/mol. The molecule has 0 bridgehead atoms. The molecule has 2 N–H and O–H groups in total. The maximum absolute atomic E-state index is 12.7. The molecule has 35 heavy (non-hydrogen) atoms. The summed E-state index contributed by atoms with van der Waals surface area (Å²) in [5, 5.41) is 3.68. The highest BCUT2D eigenvalue weighted by Gasteiger charge is 2.17. The van der Waals surface area contributed by atoms with Gasteiger partial charge in [0.2, 0.25) is 10.0 Å². The molecule has 1 aliphatic rings. The zero-order chi connectivity index (χ0) is 24.7. The number of aromatic nitrogens is 1. The molecular weight excluding hydrogens is 460 g/mol. The Kier molecular flexibility index (Phi) is 8.51. The van der Waals surface area contributed by atoms with Crippen molar-refractivity contribution in [3.05, 3.63) is 78.1 Å². The lowest BCUT2D eigenvalue weighted by molar-refractivity contribution is 0.234. The van der Waals surface area contributed by atoms with Crippen LogP contribution in [-0.4, -0.2) is 58.1 Å². The third-order valence-corrected chi connectivity index (χ3v) is 7.93. The minimum Gasteiger partial charge on any atom is -0.496 e. The van der Waals surface area contributed by atoms with Crippen LogP contribution in [0, 0.1) is 0 Å². The van der Waals surface area contributed by atoms with Crippen LogP contribution in [0.3, 0.4) is 0 Å². The topological polar surface area (TPSA) is 83.6 Å². The van der Waals surface area contributed by atoms with Gasteiger partial charge in [0.05, 0.1) is 12.0 Å². The zero-order valence-electron chi connectivity index (χ0n) is 20.4. The highest BCUT2D eigenvalue weighted by molar-refractivity contribution is 7.89. The summed E-state index contributed by atoms with van der Waals surface area (Å²) >= 11 is 0. The molecular formula is C27H34N4O3S. The minimum atomic E-state index is -3.60. The Morgan fingerprint density at radius 1 is 1.06 bits per heavy atom. The van der Waals surface area contributed by atoms with Crippen molar-refractivity contribution in [2.75, 3.05) is 33.8 Å². The standard InChI is InChI=1S/C27H34N4O3S/c1-31-17-13-24(14-18-31)29-20-21-6-11-27(34-2)26(19-21)22-7-9-25(10-8-22)35(32,33)30-16-12-23-5-3-4-15-28-23/h3-11,15,19,24,29-30H,12-14,16-18,20H2,1-2H3. The van der Waals surface area contributed by atoms with E-state index in [1.807, 2.05) is 36.4 Å². The number of sulfonamides is 1. The lowest BCUT2D eigenvalue weighted by Gasteiger charge is -2.29. The quantitative estimate of drug-likeness (QED) is 0.449. The SMILES string of the molecule is COc1ccc(CNC2CCN(C)CC2)cc1-c1ccc(S(=O)(=O)NCCc2ccccn2)cc1. The van der Waals surface area contributed by atoms with E-state index in [1.54, 1.807) is 25.4 Å². The zero-order valence-corrected chi connectivity index (χ0v) is 21.2.